The summed E-state index contributed by atoms with van der Waals surface area (Å²) in [5.41, 5.74) is 4.84. The van der Waals surface area contributed by atoms with Gasteiger partial charge in [-0.05, 0) is 6.42 Å². The highest BCUT2D eigenvalue weighted by Gasteiger charge is 2.17. The fourth-order valence-electron chi connectivity index (χ4n) is 0.732. The van der Waals surface area contributed by atoms with Crippen molar-refractivity contribution in [2.24, 2.45) is 5.73 Å². The van der Waals surface area contributed by atoms with E-state index in [2.05, 4.69) is 0 Å². The second-order valence-electron chi connectivity index (χ2n) is 2.54. The van der Waals surface area contributed by atoms with E-state index in [9.17, 15) is 13.2 Å². The molecule has 0 aliphatic carbocycles. The van der Waals surface area contributed by atoms with Crippen LogP contribution >= 0.6 is 0 Å². The Bertz CT molecular complexity index is 248. The van der Waals surface area contributed by atoms with Gasteiger partial charge in [0.1, 0.15) is 0 Å². The molecule has 72 valence electrons. The zero-order valence-electron chi connectivity index (χ0n) is 7.28. The Kier molecular flexibility index (Phi) is 4.19. The molecule has 0 aromatic carbocycles. The first-order chi connectivity index (χ1) is 5.40. The Morgan fingerprint density at radius 2 is 2.00 bits per heavy atom. The SMILES string of the molecule is CCCS(=O)(=O)N(C)CC(N)=O. The lowest BCUT2D eigenvalue weighted by atomic mass is 10.6. The highest BCUT2D eigenvalue weighted by atomic mass is 32.2. The lowest BCUT2D eigenvalue weighted by molar-refractivity contribution is -0.118. The van der Waals surface area contributed by atoms with Gasteiger partial charge >= 0.3 is 0 Å². The molecule has 0 fully saturated rings. The molecule has 0 saturated heterocycles. The summed E-state index contributed by atoms with van der Waals surface area (Å²) in [6.45, 7) is 1.51. The van der Waals surface area contributed by atoms with Gasteiger partial charge in [-0.2, -0.15) is 4.31 Å². The number of rotatable bonds is 5. The van der Waals surface area contributed by atoms with Crippen LogP contribution in [0.3, 0.4) is 0 Å². The molecule has 0 rings (SSSR count). The fraction of sp³-hybridized carbons (Fsp3) is 0.833. The topological polar surface area (TPSA) is 80.5 Å². The maximum Gasteiger partial charge on any atom is 0.232 e. The Hall–Kier alpha value is -0.620. The molecule has 0 aliphatic rings. The van der Waals surface area contributed by atoms with Crippen molar-refractivity contribution < 1.29 is 13.2 Å². The van der Waals surface area contributed by atoms with E-state index in [1.807, 2.05) is 0 Å². The van der Waals surface area contributed by atoms with E-state index in [0.717, 1.165) is 4.31 Å². The van der Waals surface area contributed by atoms with Gasteiger partial charge in [0.2, 0.25) is 15.9 Å². The summed E-state index contributed by atoms with van der Waals surface area (Å²) in [5.74, 6) is -0.589. The standard InChI is InChI=1S/C6H14N2O3S/c1-3-4-12(10,11)8(2)5-6(7)9/h3-5H2,1-2H3,(H2,7,9). The smallest absolute Gasteiger partial charge is 0.232 e. The number of likely N-dealkylation sites (N-methyl/N-ethyl adjacent to an activating group) is 1. The maximum absolute atomic E-state index is 11.2. The fourth-order valence-corrected chi connectivity index (χ4v) is 1.88. The van der Waals surface area contributed by atoms with Crippen molar-refractivity contribution >= 4 is 15.9 Å². The number of hydrogen-bond acceptors (Lipinski definition) is 3. The van der Waals surface area contributed by atoms with Gasteiger partial charge in [0, 0.05) is 7.05 Å². The van der Waals surface area contributed by atoms with Crippen LogP contribution < -0.4 is 5.73 Å². The molecule has 0 heterocycles. The molecule has 0 spiro atoms. The molecule has 0 radical (unpaired) electrons. The number of primary amides is 1. The summed E-state index contributed by atoms with van der Waals surface area (Å²) in [4.78, 5) is 10.4. The van der Waals surface area contributed by atoms with Gasteiger partial charge in [-0.1, -0.05) is 6.92 Å². The maximum atomic E-state index is 11.2. The van der Waals surface area contributed by atoms with Crippen molar-refractivity contribution in [2.45, 2.75) is 13.3 Å². The van der Waals surface area contributed by atoms with Gasteiger partial charge in [0.15, 0.2) is 0 Å². The van der Waals surface area contributed by atoms with Crippen LogP contribution in [0.15, 0.2) is 0 Å². The van der Waals surface area contributed by atoms with Crippen LogP contribution in [0.1, 0.15) is 13.3 Å². The molecule has 0 unspecified atom stereocenters. The minimum absolute atomic E-state index is 0.0524. The van der Waals surface area contributed by atoms with E-state index < -0.39 is 15.9 Å². The Balaban J connectivity index is 4.26. The Morgan fingerprint density at radius 1 is 1.50 bits per heavy atom. The first-order valence-electron chi connectivity index (χ1n) is 3.62. The molecular weight excluding hydrogens is 180 g/mol. The van der Waals surface area contributed by atoms with E-state index in [4.69, 9.17) is 5.73 Å². The molecule has 6 heteroatoms. The zero-order chi connectivity index (χ0) is 9.78. The second kappa shape index (κ2) is 4.42. The molecular formula is C6H14N2O3S. The third-order valence-corrected chi connectivity index (χ3v) is 3.32. The summed E-state index contributed by atoms with van der Waals surface area (Å²) in [5, 5.41) is 0. The Morgan fingerprint density at radius 3 is 2.33 bits per heavy atom. The number of carbonyl (C=O) groups excluding carboxylic acids is 1. The molecule has 0 aliphatic heterocycles. The molecule has 1 amide bonds. The van der Waals surface area contributed by atoms with Crippen molar-refractivity contribution in [1.82, 2.24) is 4.31 Å². The molecule has 0 aromatic heterocycles. The van der Waals surface area contributed by atoms with E-state index in [1.54, 1.807) is 6.92 Å². The average molecular weight is 194 g/mol. The Labute approximate surface area is 72.6 Å². The first-order valence-corrected chi connectivity index (χ1v) is 5.23. The second-order valence-corrected chi connectivity index (χ2v) is 4.73. The zero-order valence-corrected chi connectivity index (χ0v) is 8.10. The van der Waals surface area contributed by atoms with Crippen molar-refractivity contribution in [3.05, 3.63) is 0 Å². The summed E-state index contributed by atoms with van der Waals surface area (Å²) >= 11 is 0. The summed E-state index contributed by atoms with van der Waals surface area (Å²) in [6, 6.07) is 0. The van der Waals surface area contributed by atoms with E-state index in [-0.39, 0.29) is 12.3 Å². The van der Waals surface area contributed by atoms with Crippen LogP contribution in [0.25, 0.3) is 0 Å². The van der Waals surface area contributed by atoms with Crippen molar-refractivity contribution in [2.75, 3.05) is 19.3 Å². The van der Waals surface area contributed by atoms with Crippen LogP contribution in [0.5, 0.6) is 0 Å². The van der Waals surface area contributed by atoms with Gasteiger partial charge in [0.05, 0.1) is 12.3 Å². The van der Waals surface area contributed by atoms with E-state index in [0.29, 0.717) is 6.42 Å². The first kappa shape index (κ1) is 11.4. The van der Waals surface area contributed by atoms with Crippen LogP contribution in [-0.2, 0) is 14.8 Å². The molecule has 0 aromatic rings. The third kappa shape index (κ3) is 3.68. The predicted octanol–water partition coefficient (Wildman–Crippen LogP) is -0.857. The molecule has 0 saturated carbocycles. The molecule has 5 nitrogen and oxygen atoms in total. The summed E-state index contributed by atoms with van der Waals surface area (Å²) < 4.78 is 23.3. The minimum atomic E-state index is -3.27. The minimum Gasteiger partial charge on any atom is -0.369 e. The number of sulfonamides is 1. The van der Waals surface area contributed by atoms with Crippen LogP contribution in [0, 0.1) is 0 Å². The van der Waals surface area contributed by atoms with Gasteiger partial charge in [-0.3, -0.25) is 4.79 Å². The van der Waals surface area contributed by atoms with Gasteiger partial charge < -0.3 is 5.73 Å². The number of carbonyl (C=O) groups is 1. The van der Waals surface area contributed by atoms with Crippen molar-refractivity contribution in [3.63, 3.8) is 0 Å². The summed E-state index contributed by atoms with van der Waals surface area (Å²) in [7, 11) is -1.93. The van der Waals surface area contributed by atoms with E-state index >= 15 is 0 Å². The third-order valence-electron chi connectivity index (χ3n) is 1.32. The quantitative estimate of drug-likeness (QED) is 0.618. The highest BCUT2D eigenvalue weighted by molar-refractivity contribution is 7.89. The largest absolute Gasteiger partial charge is 0.369 e. The van der Waals surface area contributed by atoms with Gasteiger partial charge in [0.25, 0.3) is 0 Å². The summed E-state index contributed by atoms with van der Waals surface area (Å²) in [6.07, 6.45) is 0.533. The van der Waals surface area contributed by atoms with Crippen molar-refractivity contribution in [1.29, 1.82) is 0 Å². The number of nitrogens with two attached hydrogens (primary N) is 1. The van der Waals surface area contributed by atoms with Crippen LogP contribution in [-0.4, -0.2) is 38.0 Å². The van der Waals surface area contributed by atoms with Crippen LogP contribution in [0.2, 0.25) is 0 Å². The molecule has 0 bridgehead atoms. The lowest BCUT2D eigenvalue weighted by Crippen LogP contribution is -2.36. The molecule has 12 heavy (non-hydrogen) atoms. The number of nitrogens with zero attached hydrogens (tertiary/aromatic N) is 1. The molecule has 0 atom stereocenters. The number of hydrogen-bond donors (Lipinski definition) is 1. The predicted molar refractivity (Wildman–Crippen MR) is 45.9 cm³/mol. The van der Waals surface area contributed by atoms with E-state index in [1.165, 1.54) is 7.05 Å². The molecule has 2 N–H and O–H groups in total. The normalized spacial score (nSPS) is 11.9. The van der Waals surface area contributed by atoms with Crippen LogP contribution in [0.4, 0.5) is 0 Å². The van der Waals surface area contributed by atoms with Gasteiger partial charge in [-0.15, -0.1) is 0 Å². The lowest BCUT2D eigenvalue weighted by Gasteiger charge is -2.13. The highest BCUT2D eigenvalue weighted by Crippen LogP contribution is 1.98. The average Bonchev–Trinajstić information content (AvgIpc) is 1.85. The van der Waals surface area contributed by atoms with Gasteiger partial charge in [-0.25, -0.2) is 8.42 Å². The number of amides is 1. The monoisotopic (exact) mass is 194 g/mol. The van der Waals surface area contributed by atoms with Crippen molar-refractivity contribution in [3.8, 4) is 0 Å².